The summed E-state index contributed by atoms with van der Waals surface area (Å²) in [6, 6.07) is 0. The molecule has 0 aromatic carbocycles. The molecule has 6 N–H and O–H groups in total. The standard InChI is InChI=1S/C9H13N3O6/c10-7(16)4-8(17)12(2-11-4)9-6(15)5(14)3(1-13)18-9/h2-3,5-6,9,13-15,17H,1H2,(H2,10,16)/t3-,5-,6-,9?/m1/s1. The maximum Gasteiger partial charge on any atom is 0.272 e. The van der Waals surface area contributed by atoms with Crippen molar-refractivity contribution in [1.29, 1.82) is 0 Å². The minimum Gasteiger partial charge on any atom is -0.493 e. The van der Waals surface area contributed by atoms with E-state index < -0.39 is 42.9 Å². The van der Waals surface area contributed by atoms with E-state index in [1.807, 2.05) is 0 Å². The average Bonchev–Trinajstić information content (AvgIpc) is 2.82. The summed E-state index contributed by atoms with van der Waals surface area (Å²) in [6.45, 7) is -0.493. The number of nitrogens with zero attached hydrogens (tertiary/aromatic N) is 2. The quantitative estimate of drug-likeness (QED) is 0.396. The minimum atomic E-state index is -1.37. The van der Waals surface area contributed by atoms with Gasteiger partial charge in [-0.1, -0.05) is 0 Å². The molecule has 9 nitrogen and oxygen atoms in total. The van der Waals surface area contributed by atoms with Gasteiger partial charge in [-0.25, -0.2) is 4.98 Å². The molecule has 1 saturated heterocycles. The van der Waals surface area contributed by atoms with Crippen LogP contribution in [0.2, 0.25) is 0 Å². The number of imidazole rings is 1. The molecule has 1 aromatic rings. The van der Waals surface area contributed by atoms with Crippen molar-refractivity contribution in [3.8, 4) is 5.88 Å². The first-order chi connectivity index (χ1) is 8.47. The molecule has 1 aliphatic heterocycles. The van der Waals surface area contributed by atoms with Crippen LogP contribution in [0.4, 0.5) is 0 Å². The van der Waals surface area contributed by atoms with E-state index in [4.69, 9.17) is 15.6 Å². The first kappa shape index (κ1) is 12.8. The van der Waals surface area contributed by atoms with Gasteiger partial charge in [0.25, 0.3) is 5.91 Å². The lowest BCUT2D eigenvalue weighted by Crippen LogP contribution is -2.33. The van der Waals surface area contributed by atoms with Gasteiger partial charge in [-0.2, -0.15) is 0 Å². The highest BCUT2D eigenvalue weighted by atomic mass is 16.6. The Labute approximate surface area is 101 Å². The van der Waals surface area contributed by atoms with Gasteiger partial charge in [-0.15, -0.1) is 0 Å². The van der Waals surface area contributed by atoms with Gasteiger partial charge in [0.1, 0.15) is 24.6 Å². The second-order valence-corrected chi connectivity index (χ2v) is 3.92. The Morgan fingerprint density at radius 1 is 1.50 bits per heavy atom. The first-order valence-electron chi connectivity index (χ1n) is 5.15. The van der Waals surface area contributed by atoms with E-state index in [0.717, 1.165) is 10.9 Å². The summed E-state index contributed by atoms with van der Waals surface area (Å²) >= 11 is 0. The van der Waals surface area contributed by atoms with Crippen molar-refractivity contribution in [2.24, 2.45) is 5.73 Å². The molecule has 1 aliphatic rings. The van der Waals surface area contributed by atoms with Crippen LogP contribution in [-0.2, 0) is 4.74 Å². The Balaban J connectivity index is 2.30. The van der Waals surface area contributed by atoms with Crippen LogP contribution < -0.4 is 5.73 Å². The monoisotopic (exact) mass is 259 g/mol. The number of aromatic hydroxyl groups is 1. The van der Waals surface area contributed by atoms with Crippen LogP contribution in [0.15, 0.2) is 6.33 Å². The van der Waals surface area contributed by atoms with Crippen LogP contribution in [0.5, 0.6) is 5.88 Å². The van der Waals surface area contributed by atoms with Crippen LogP contribution in [0, 0.1) is 0 Å². The molecule has 0 saturated carbocycles. The van der Waals surface area contributed by atoms with E-state index in [9.17, 15) is 20.1 Å². The number of aliphatic hydroxyl groups excluding tert-OH is 3. The molecular formula is C9H13N3O6. The van der Waals surface area contributed by atoms with Crippen LogP contribution >= 0.6 is 0 Å². The summed E-state index contributed by atoms with van der Waals surface area (Å²) in [6.07, 6.45) is -3.76. The Morgan fingerprint density at radius 3 is 2.61 bits per heavy atom. The lowest BCUT2D eigenvalue weighted by molar-refractivity contribution is -0.0553. The number of carbonyl (C=O) groups is 1. The smallest absolute Gasteiger partial charge is 0.272 e. The molecule has 0 spiro atoms. The topological polar surface area (TPSA) is 151 Å². The first-order valence-corrected chi connectivity index (χ1v) is 5.15. The Bertz CT molecular complexity index is 461. The molecule has 100 valence electrons. The second-order valence-electron chi connectivity index (χ2n) is 3.92. The zero-order chi connectivity index (χ0) is 13.4. The average molecular weight is 259 g/mol. The van der Waals surface area contributed by atoms with Crippen molar-refractivity contribution in [2.75, 3.05) is 6.61 Å². The van der Waals surface area contributed by atoms with Gasteiger partial charge in [0, 0.05) is 0 Å². The SMILES string of the molecule is NC(=O)c1ncn(C2O[C@H](CO)[C@@H](O)[C@H]2O)c1O. The molecule has 1 aromatic heterocycles. The third kappa shape index (κ3) is 1.82. The van der Waals surface area contributed by atoms with Gasteiger partial charge < -0.3 is 30.9 Å². The normalized spacial score (nSPS) is 31.7. The fourth-order valence-corrected chi connectivity index (χ4v) is 1.82. The van der Waals surface area contributed by atoms with Gasteiger partial charge in [0.15, 0.2) is 11.9 Å². The Morgan fingerprint density at radius 2 is 2.17 bits per heavy atom. The van der Waals surface area contributed by atoms with E-state index >= 15 is 0 Å². The maximum atomic E-state index is 10.9. The van der Waals surface area contributed by atoms with Gasteiger partial charge in [0.05, 0.1) is 6.61 Å². The maximum absolute atomic E-state index is 10.9. The molecule has 2 heterocycles. The third-order valence-electron chi connectivity index (χ3n) is 2.79. The predicted molar refractivity (Wildman–Crippen MR) is 55.4 cm³/mol. The summed E-state index contributed by atoms with van der Waals surface area (Å²) in [5.74, 6) is -1.50. The highest BCUT2D eigenvalue weighted by Crippen LogP contribution is 2.32. The molecule has 1 amide bonds. The highest BCUT2D eigenvalue weighted by molar-refractivity contribution is 5.92. The molecule has 0 bridgehead atoms. The van der Waals surface area contributed by atoms with Crippen LogP contribution in [0.3, 0.4) is 0 Å². The molecule has 2 rings (SSSR count). The largest absolute Gasteiger partial charge is 0.493 e. The number of carbonyl (C=O) groups excluding carboxylic acids is 1. The number of aliphatic hydroxyl groups is 3. The zero-order valence-electron chi connectivity index (χ0n) is 9.17. The summed E-state index contributed by atoms with van der Waals surface area (Å²) in [7, 11) is 0. The van der Waals surface area contributed by atoms with E-state index in [2.05, 4.69) is 4.98 Å². The van der Waals surface area contributed by atoms with Gasteiger partial charge >= 0.3 is 0 Å². The number of hydrogen-bond acceptors (Lipinski definition) is 7. The third-order valence-corrected chi connectivity index (χ3v) is 2.79. The number of ether oxygens (including phenoxy) is 1. The summed E-state index contributed by atoms with van der Waals surface area (Å²) in [5.41, 5.74) is 4.61. The van der Waals surface area contributed by atoms with Gasteiger partial charge in [-0.3, -0.25) is 9.36 Å². The number of amides is 1. The number of primary amides is 1. The molecule has 18 heavy (non-hydrogen) atoms. The van der Waals surface area contributed by atoms with Crippen LogP contribution in [0.1, 0.15) is 16.7 Å². The number of aromatic nitrogens is 2. The summed E-state index contributed by atoms with van der Waals surface area (Å²) in [5, 5.41) is 37.9. The van der Waals surface area contributed by atoms with Crippen molar-refractivity contribution in [3.05, 3.63) is 12.0 Å². The van der Waals surface area contributed by atoms with Gasteiger partial charge in [0.2, 0.25) is 5.88 Å². The molecule has 0 radical (unpaired) electrons. The Hall–Kier alpha value is -1.68. The summed E-state index contributed by atoms with van der Waals surface area (Å²) in [4.78, 5) is 14.5. The van der Waals surface area contributed by atoms with E-state index in [-0.39, 0.29) is 5.69 Å². The number of nitrogens with two attached hydrogens (primary N) is 1. The highest BCUT2D eigenvalue weighted by Gasteiger charge is 2.44. The van der Waals surface area contributed by atoms with Crippen molar-refractivity contribution in [2.45, 2.75) is 24.5 Å². The number of hydrogen-bond donors (Lipinski definition) is 5. The molecule has 4 atom stereocenters. The lowest BCUT2D eigenvalue weighted by Gasteiger charge is -2.16. The summed E-state index contributed by atoms with van der Waals surface area (Å²) < 4.78 is 6.12. The second kappa shape index (κ2) is 4.53. The predicted octanol–water partition coefficient (Wildman–Crippen LogP) is -2.70. The van der Waals surface area contributed by atoms with Gasteiger partial charge in [-0.05, 0) is 0 Å². The fourth-order valence-electron chi connectivity index (χ4n) is 1.82. The van der Waals surface area contributed by atoms with E-state index in [1.54, 1.807) is 0 Å². The number of rotatable bonds is 3. The van der Waals surface area contributed by atoms with Crippen molar-refractivity contribution < 1.29 is 30.0 Å². The molecule has 9 heteroatoms. The lowest BCUT2D eigenvalue weighted by atomic mass is 10.1. The van der Waals surface area contributed by atoms with Crippen molar-refractivity contribution in [1.82, 2.24) is 9.55 Å². The zero-order valence-corrected chi connectivity index (χ0v) is 9.17. The molecule has 0 aliphatic carbocycles. The Kier molecular flexibility index (Phi) is 3.22. The van der Waals surface area contributed by atoms with E-state index in [1.165, 1.54) is 0 Å². The molecular weight excluding hydrogens is 246 g/mol. The van der Waals surface area contributed by atoms with Crippen molar-refractivity contribution in [3.63, 3.8) is 0 Å². The minimum absolute atomic E-state index is 0.368. The molecule has 1 unspecified atom stereocenters. The van der Waals surface area contributed by atoms with Crippen molar-refractivity contribution >= 4 is 5.91 Å². The van der Waals surface area contributed by atoms with Crippen LogP contribution in [-0.4, -0.2) is 60.8 Å². The van der Waals surface area contributed by atoms with E-state index in [0.29, 0.717) is 0 Å². The molecule has 1 fully saturated rings. The fraction of sp³-hybridized carbons (Fsp3) is 0.556. The van der Waals surface area contributed by atoms with Crippen LogP contribution in [0.25, 0.3) is 0 Å².